The number of benzene rings is 3. The lowest BCUT2D eigenvalue weighted by Gasteiger charge is -2.10. The standard InChI is InChI=1S/C22H15N3O2/c1-14(26)27-21-11-10-15-6-2-3-7-17(15)18(21)12-16(13-23)22-24-19-8-4-5-9-20(19)25-22/h2-12H,1H3,(H,24,25). The molecule has 0 radical (unpaired) electrons. The molecule has 5 heteroatoms. The number of hydrogen-bond donors (Lipinski definition) is 1. The van der Waals surface area contributed by atoms with E-state index in [1.54, 1.807) is 12.1 Å². The zero-order valence-corrected chi connectivity index (χ0v) is 14.6. The molecule has 5 nitrogen and oxygen atoms in total. The quantitative estimate of drug-likeness (QED) is 0.329. The van der Waals surface area contributed by atoms with Crippen LogP contribution in [0.15, 0.2) is 60.7 Å². The smallest absolute Gasteiger partial charge is 0.308 e. The Balaban J connectivity index is 1.93. The molecule has 4 aromatic rings. The van der Waals surface area contributed by atoms with Gasteiger partial charge in [-0.1, -0.05) is 42.5 Å². The average Bonchev–Trinajstić information content (AvgIpc) is 3.10. The number of rotatable bonds is 3. The zero-order chi connectivity index (χ0) is 18.8. The number of aromatic nitrogens is 2. The first kappa shape index (κ1) is 16.6. The van der Waals surface area contributed by atoms with Gasteiger partial charge in [0.2, 0.25) is 0 Å². The fourth-order valence-electron chi connectivity index (χ4n) is 3.05. The summed E-state index contributed by atoms with van der Waals surface area (Å²) >= 11 is 0. The number of nitriles is 1. The predicted molar refractivity (Wildman–Crippen MR) is 105 cm³/mol. The summed E-state index contributed by atoms with van der Waals surface area (Å²) in [6.45, 7) is 1.35. The number of fused-ring (bicyclic) bond motifs is 2. The van der Waals surface area contributed by atoms with Gasteiger partial charge in [0, 0.05) is 12.5 Å². The van der Waals surface area contributed by atoms with Gasteiger partial charge in [-0.05, 0) is 35.0 Å². The molecule has 0 saturated heterocycles. The molecule has 1 heterocycles. The fourth-order valence-corrected chi connectivity index (χ4v) is 3.05. The Morgan fingerprint density at radius 2 is 1.89 bits per heavy atom. The Bertz CT molecular complexity index is 1210. The van der Waals surface area contributed by atoms with Crippen LogP contribution in [0.4, 0.5) is 0 Å². The molecule has 0 aliphatic rings. The Morgan fingerprint density at radius 3 is 2.67 bits per heavy atom. The van der Waals surface area contributed by atoms with Crippen molar-refractivity contribution in [2.24, 2.45) is 0 Å². The molecule has 0 aliphatic heterocycles. The van der Waals surface area contributed by atoms with Gasteiger partial charge in [0.25, 0.3) is 0 Å². The van der Waals surface area contributed by atoms with Gasteiger partial charge in [-0.15, -0.1) is 0 Å². The van der Waals surface area contributed by atoms with Crippen molar-refractivity contribution < 1.29 is 9.53 Å². The number of hydrogen-bond acceptors (Lipinski definition) is 4. The van der Waals surface area contributed by atoms with Gasteiger partial charge in [-0.25, -0.2) is 4.98 Å². The predicted octanol–water partition coefficient (Wildman–Crippen LogP) is 4.71. The minimum absolute atomic E-state index is 0.357. The van der Waals surface area contributed by atoms with E-state index in [1.807, 2.05) is 54.6 Å². The number of para-hydroxylation sites is 2. The van der Waals surface area contributed by atoms with Crippen LogP contribution in [0.2, 0.25) is 0 Å². The number of carbonyl (C=O) groups is 1. The van der Waals surface area contributed by atoms with Crippen LogP contribution < -0.4 is 4.74 Å². The molecule has 3 aromatic carbocycles. The maximum atomic E-state index is 11.5. The Hall–Kier alpha value is -3.91. The van der Waals surface area contributed by atoms with E-state index < -0.39 is 5.97 Å². The van der Waals surface area contributed by atoms with E-state index >= 15 is 0 Å². The summed E-state index contributed by atoms with van der Waals surface area (Å²) in [4.78, 5) is 19.2. The van der Waals surface area contributed by atoms with Crippen LogP contribution >= 0.6 is 0 Å². The minimum atomic E-state index is -0.415. The maximum Gasteiger partial charge on any atom is 0.308 e. The van der Waals surface area contributed by atoms with E-state index in [-0.39, 0.29) is 0 Å². The van der Waals surface area contributed by atoms with Gasteiger partial charge in [-0.3, -0.25) is 4.79 Å². The maximum absolute atomic E-state index is 11.5. The third-order valence-electron chi connectivity index (χ3n) is 4.24. The Kier molecular flexibility index (Phi) is 4.15. The Labute approximate surface area is 155 Å². The molecule has 0 aliphatic carbocycles. The van der Waals surface area contributed by atoms with Crippen LogP contribution in [0, 0.1) is 11.3 Å². The normalized spacial score (nSPS) is 11.5. The van der Waals surface area contributed by atoms with Crippen LogP contribution in [0.25, 0.3) is 33.5 Å². The number of nitrogens with zero attached hydrogens (tertiary/aromatic N) is 2. The monoisotopic (exact) mass is 353 g/mol. The van der Waals surface area contributed by atoms with Crippen molar-refractivity contribution in [3.63, 3.8) is 0 Å². The van der Waals surface area contributed by atoms with Crippen molar-refractivity contribution in [2.75, 3.05) is 0 Å². The van der Waals surface area contributed by atoms with E-state index in [2.05, 4.69) is 16.0 Å². The number of nitrogens with one attached hydrogen (secondary N) is 1. The highest BCUT2D eigenvalue weighted by Crippen LogP contribution is 2.32. The second kappa shape index (κ2) is 6.77. The Morgan fingerprint density at radius 1 is 1.11 bits per heavy atom. The second-order valence-electron chi connectivity index (χ2n) is 6.06. The molecule has 130 valence electrons. The number of aromatic amines is 1. The number of ether oxygens (including phenoxy) is 1. The number of allylic oxidation sites excluding steroid dienone is 1. The molecule has 0 amide bonds. The summed E-state index contributed by atoms with van der Waals surface area (Å²) in [5.74, 6) is 0.465. The van der Waals surface area contributed by atoms with E-state index in [9.17, 15) is 10.1 Å². The molecule has 27 heavy (non-hydrogen) atoms. The van der Waals surface area contributed by atoms with Crippen molar-refractivity contribution in [1.29, 1.82) is 5.26 Å². The third kappa shape index (κ3) is 3.16. The van der Waals surface area contributed by atoms with Crippen molar-refractivity contribution >= 4 is 39.4 Å². The highest BCUT2D eigenvalue weighted by atomic mass is 16.5. The van der Waals surface area contributed by atoms with E-state index in [4.69, 9.17) is 4.74 Å². The molecule has 0 spiro atoms. The highest BCUT2D eigenvalue weighted by Gasteiger charge is 2.13. The summed E-state index contributed by atoms with van der Waals surface area (Å²) < 4.78 is 5.37. The van der Waals surface area contributed by atoms with Gasteiger partial charge in [-0.2, -0.15) is 5.26 Å². The molecule has 1 aromatic heterocycles. The van der Waals surface area contributed by atoms with Crippen LogP contribution in [0.5, 0.6) is 5.75 Å². The lowest BCUT2D eigenvalue weighted by atomic mass is 10.0. The zero-order valence-electron chi connectivity index (χ0n) is 14.6. The van der Waals surface area contributed by atoms with Crippen molar-refractivity contribution in [3.8, 4) is 11.8 Å². The van der Waals surface area contributed by atoms with Crippen LogP contribution in [0.1, 0.15) is 18.3 Å². The first-order chi connectivity index (χ1) is 13.2. The topological polar surface area (TPSA) is 78.8 Å². The van der Waals surface area contributed by atoms with Gasteiger partial charge < -0.3 is 9.72 Å². The lowest BCUT2D eigenvalue weighted by molar-refractivity contribution is -0.131. The molecule has 4 rings (SSSR count). The van der Waals surface area contributed by atoms with Crippen LogP contribution in [-0.2, 0) is 4.79 Å². The number of esters is 1. The third-order valence-corrected chi connectivity index (χ3v) is 4.24. The van der Waals surface area contributed by atoms with E-state index in [0.29, 0.717) is 22.7 Å². The number of H-pyrrole nitrogens is 1. The number of imidazole rings is 1. The summed E-state index contributed by atoms with van der Waals surface area (Å²) in [7, 11) is 0. The van der Waals surface area contributed by atoms with Gasteiger partial charge in [0.1, 0.15) is 17.6 Å². The number of carbonyl (C=O) groups excluding carboxylic acids is 1. The summed E-state index contributed by atoms with van der Waals surface area (Å²) in [5.41, 5.74) is 2.66. The first-order valence-electron chi connectivity index (χ1n) is 8.43. The van der Waals surface area contributed by atoms with Crippen LogP contribution in [-0.4, -0.2) is 15.9 Å². The molecule has 1 N–H and O–H groups in total. The molecular weight excluding hydrogens is 338 g/mol. The summed E-state index contributed by atoms with van der Waals surface area (Å²) in [6, 6.07) is 21.2. The second-order valence-corrected chi connectivity index (χ2v) is 6.06. The molecule has 0 unspecified atom stereocenters. The van der Waals surface area contributed by atoms with Gasteiger partial charge >= 0.3 is 5.97 Å². The largest absolute Gasteiger partial charge is 0.426 e. The van der Waals surface area contributed by atoms with E-state index in [0.717, 1.165) is 21.8 Å². The molecule has 0 fully saturated rings. The first-order valence-corrected chi connectivity index (χ1v) is 8.43. The van der Waals surface area contributed by atoms with Crippen LogP contribution in [0.3, 0.4) is 0 Å². The fraction of sp³-hybridized carbons (Fsp3) is 0.0455. The van der Waals surface area contributed by atoms with Crippen molar-refractivity contribution in [2.45, 2.75) is 6.92 Å². The highest BCUT2D eigenvalue weighted by molar-refractivity contribution is 6.00. The van der Waals surface area contributed by atoms with Crippen molar-refractivity contribution in [1.82, 2.24) is 9.97 Å². The van der Waals surface area contributed by atoms with Crippen molar-refractivity contribution in [3.05, 3.63) is 72.1 Å². The van der Waals surface area contributed by atoms with E-state index in [1.165, 1.54) is 6.92 Å². The lowest BCUT2D eigenvalue weighted by Crippen LogP contribution is -2.03. The SMILES string of the molecule is CC(=O)Oc1ccc2ccccc2c1C=C(C#N)c1nc2ccccc2[nH]1. The summed E-state index contributed by atoms with van der Waals surface area (Å²) in [6.07, 6.45) is 1.71. The van der Waals surface area contributed by atoms with Gasteiger partial charge in [0.05, 0.1) is 16.6 Å². The molecule has 0 atom stereocenters. The molecular formula is C22H15N3O2. The minimum Gasteiger partial charge on any atom is -0.426 e. The average molecular weight is 353 g/mol. The summed E-state index contributed by atoms with van der Waals surface area (Å²) in [5, 5.41) is 11.6. The molecule has 0 bridgehead atoms. The van der Waals surface area contributed by atoms with Gasteiger partial charge in [0.15, 0.2) is 0 Å². The molecule has 0 saturated carbocycles.